The van der Waals surface area contributed by atoms with Crippen molar-refractivity contribution in [1.82, 2.24) is 0 Å². The summed E-state index contributed by atoms with van der Waals surface area (Å²) in [6.07, 6.45) is -6.70. The minimum Gasteiger partial charge on any atom is -0.486 e. The fraction of sp³-hybridized carbons (Fsp3) is 0.600. The topological polar surface area (TPSA) is 71.1 Å². The Kier molecular flexibility index (Phi) is 4.12. The second-order valence-corrected chi connectivity index (χ2v) is 8.39. The van der Waals surface area contributed by atoms with E-state index in [9.17, 15) is 34.8 Å². The van der Waals surface area contributed by atoms with Crippen molar-refractivity contribution in [3.8, 4) is 11.5 Å². The van der Waals surface area contributed by atoms with Gasteiger partial charge in [0.2, 0.25) is 9.84 Å². The Balaban J connectivity index is 1.86. The zero-order valence-corrected chi connectivity index (χ0v) is 14.6. The van der Waals surface area contributed by atoms with Crippen LogP contribution in [0.15, 0.2) is 17.0 Å². The normalized spacial score (nSPS) is 24.8. The van der Waals surface area contributed by atoms with Crippen molar-refractivity contribution in [2.24, 2.45) is 0 Å². The quantitative estimate of drug-likeness (QED) is 0.679. The summed E-state index contributed by atoms with van der Waals surface area (Å²) < 4.78 is 125. The highest BCUT2D eigenvalue weighted by atomic mass is 32.2. The van der Waals surface area contributed by atoms with Gasteiger partial charge >= 0.3 is 17.7 Å². The molecule has 1 spiro atoms. The zero-order chi connectivity index (χ0) is 20.5. The Morgan fingerprint density at radius 3 is 2.21 bits per heavy atom. The Morgan fingerprint density at radius 1 is 1.07 bits per heavy atom. The van der Waals surface area contributed by atoms with Crippen molar-refractivity contribution in [3.63, 3.8) is 0 Å². The predicted molar refractivity (Wildman–Crippen MR) is 77.4 cm³/mol. The average Bonchev–Trinajstić information content (AvgIpc) is 3.12. The lowest BCUT2D eigenvalue weighted by molar-refractivity contribution is -0.355. The largest absolute Gasteiger partial charge is 0.486 e. The fourth-order valence-electron chi connectivity index (χ4n) is 3.32. The van der Waals surface area contributed by atoms with E-state index in [1.807, 2.05) is 0 Å². The molecule has 13 heteroatoms. The van der Waals surface area contributed by atoms with Gasteiger partial charge in [0, 0.05) is 12.8 Å². The molecule has 1 saturated carbocycles. The van der Waals surface area contributed by atoms with Crippen molar-refractivity contribution in [1.29, 1.82) is 0 Å². The van der Waals surface area contributed by atoms with Crippen molar-refractivity contribution < 1.29 is 53.7 Å². The molecule has 1 aromatic rings. The molecule has 0 bridgehead atoms. The molecule has 0 amide bonds. The number of benzene rings is 1. The first-order valence-electron chi connectivity index (χ1n) is 7.98. The SMILES string of the molecule is O=S(=O)(c1ccc(OC2CC(F)(F)C2)c2c1C1(OCCO1)C(F)(F)O2)C(F)F. The van der Waals surface area contributed by atoms with Crippen LogP contribution in [0, 0.1) is 0 Å². The highest BCUT2D eigenvalue weighted by molar-refractivity contribution is 7.91. The van der Waals surface area contributed by atoms with Gasteiger partial charge < -0.3 is 18.9 Å². The maximum absolute atomic E-state index is 14.6. The predicted octanol–water partition coefficient (Wildman–Crippen LogP) is 3.04. The molecule has 28 heavy (non-hydrogen) atoms. The lowest BCUT2D eigenvalue weighted by Gasteiger charge is -2.35. The van der Waals surface area contributed by atoms with Gasteiger partial charge in [-0.2, -0.15) is 17.6 Å². The van der Waals surface area contributed by atoms with Crippen LogP contribution < -0.4 is 9.47 Å². The Hall–Kier alpha value is -1.73. The molecule has 156 valence electrons. The highest BCUT2D eigenvalue weighted by Gasteiger charge is 2.71. The van der Waals surface area contributed by atoms with E-state index in [1.165, 1.54) is 0 Å². The number of alkyl halides is 6. The van der Waals surface area contributed by atoms with Crippen LogP contribution in [0.4, 0.5) is 26.3 Å². The number of halogens is 6. The van der Waals surface area contributed by atoms with E-state index in [0.717, 1.165) is 6.07 Å². The van der Waals surface area contributed by atoms with Gasteiger partial charge in [-0.25, -0.2) is 17.2 Å². The average molecular weight is 434 g/mol. The molecular formula is C15H12F6O6S. The molecule has 1 aliphatic carbocycles. The summed E-state index contributed by atoms with van der Waals surface area (Å²) in [4.78, 5) is -1.18. The van der Waals surface area contributed by atoms with Crippen LogP contribution in [0.3, 0.4) is 0 Å². The summed E-state index contributed by atoms with van der Waals surface area (Å²) in [6.45, 7) is -0.765. The number of sulfone groups is 1. The molecule has 0 aromatic heterocycles. The number of ether oxygens (including phenoxy) is 4. The summed E-state index contributed by atoms with van der Waals surface area (Å²) in [5.74, 6) is -11.4. The third-order valence-electron chi connectivity index (χ3n) is 4.61. The van der Waals surface area contributed by atoms with Crippen molar-refractivity contribution >= 4 is 9.84 Å². The molecule has 1 saturated heterocycles. The monoisotopic (exact) mass is 434 g/mol. The second kappa shape index (κ2) is 5.89. The Bertz CT molecular complexity index is 904. The van der Waals surface area contributed by atoms with Crippen molar-refractivity contribution in [2.45, 2.75) is 47.4 Å². The third-order valence-corrected chi connectivity index (χ3v) is 6.03. The third kappa shape index (κ3) is 2.66. The summed E-state index contributed by atoms with van der Waals surface area (Å²) in [7, 11) is -5.35. The number of hydrogen-bond donors (Lipinski definition) is 0. The van der Waals surface area contributed by atoms with Gasteiger partial charge in [-0.15, -0.1) is 0 Å². The Labute approximate surface area is 154 Å². The summed E-state index contributed by atoms with van der Waals surface area (Å²) in [5, 5.41) is 0. The summed E-state index contributed by atoms with van der Waals surface area (Å²) in [6, 6.07) is 1.42. The number of rotatable bonds is 4. The molecule has 0 N–H and O–H groups in total. The molecule has 2 aliphatic heterocycles. The van der Waals surface area contributed by atoms with Gasteiger partial charge in [-0.3, -0.25) is 0 Å². The Morgan fingerprint density at radius 2 is 1.68 bits per heavy atom. The van der Waals surface area contributed by atoms with E-state index in [2.05, 4.69) is 4.74 Å². The van der Waals surface area contributed by atoms with E-state index in [4.69, 9.17) is 14.2 Å². The first-order chi connectivity index (χ1) is 12.9. The molecule has 1 aromatic carbocycles. The first kappa shape index (κ1) is 19.6. The van der Waals surface area contributed by atoms with Crippen LogP contribution in [-0.4, -0.2) is 45.5 Å². The lowest BCUT2D eigenvalue weighted by Crippen LogP contribution is -2.46. The van der Waals surface area contributed by atoms with E-state index in [-0.39, 0.29) is 13.2 Å². The molecule has 0 unspecified atom stereocenters. The lowest BCUT2D eigenvalue weighted by atomic mass is 9.91. The smallest absolute Gasteiger partial charge is 0.459 e. The zero-order valence-electron chi connectivity index (χ0n) is 13.8. The standard InChI is InChI=1S/C15H12F6O6S/c16-12(17)28(22,23)9-2-1-8(26-7-5-13(18,19)6-7)11-10(9)14(15(20,21)27-11)24-3-4-25-14/h1-2,7,12H,3-6H2. The number of fused-ring (bicyclic) bond motifs is 2. The summed E-state index contributed by atoms with van der Waals surface area (Å²) in [5.41, 5.74) is -0.973. The van der Waals surface area contributed by atoms with Gasteiger partial charge in [-0.05, 0) is 12.1 Å². The molecule has 0 atom stereocenters. The number of hydrogen-bond acceptors (Lipinski definition) is 6. The van der Waals surface area contributed by atoms with Crippen LogP contribution in [0.25, 0.3) is 0 Å². The minimum absolute atomic E-state index is 0.382. The van der Waals surface area contributed by atoms with Gasteiger partial charge in [0.25, 0.3) is 5.92 Å². The van der Waals surface area contributed by atoms with Gasteiger partial charge in [-0.1, -0.05) is 0 Å². The highest BCUT2D eigenvalue weighted by Crippen LogP contribution is 2.59. The van der Waals surface area contributed by atoms with Gasteiger partial charge in [0.15, 0.2) is 11.5 Å². The van der Waals surface area contributed by atoms with Gasteiger partial charge in [0.05, 0.1) is 23.7 Å². The molecule has 2 heterocycles. The molecule has 3 aliphatic rings. The van der Waals surface area contributed by atoms with Gasteiger partial charge in [0.1, 0.15) is 6.10 Å². The molecular weight excluding hydrogens is 422 g/mol. The van der Waals surface area contributed by atoms with Crippen LogP contribution in [-0.2, 0) is 25.1 Å². The van der Waals surface area contributed by atoms with Crippen LogP contribution in [0.1, 0.15) is 18.4 Å². The molecule has 2 fully saturated rings. The molecule has 6 nitrogen and oxygen atoms in total. The van der Waals surface area contributed by atoms with E-state index in [1.54, 1.807) is 0 Å². The molecule has 0 radical (unpaired) electrons. The van der Waals surface area contributed by atoms with Crippen LogP contribution in [0.2, 0.25) is 0 Å². The van der Waals surface area contributed by atoms with Crippen LogP contribution >= 0.6 is 0 Å². The molecule has 4 rings (SSSR count). The van der Waals surface area contributed by atoms with E-state index >= 15 is 0 Å². The maximum atomic E-state index is 14.6. The van der Waals surface area contributed by atoms with E-state index < -0.39 is 74.3 Å². The summed E-state index contributed by atoms with van der Waals surface area (Å²) >= 11 is 0. The van der Waals surface area contributed by atoms with Crippen molar-refractivity contribution in [2.75, 3.05) is 13.2 Å². The maximum Gasteiger partial charge on any atom is 0.459 e. The van der Waals surface area contributed by atoms with E-state index in [0.29, 0.717) is 6.07 Å². The minimum atomic E-state index is -5.35. The van der Waals surface area contributed by atoms with Crippen LogP contribution in [0.5, 0.6) is 11.5 Å². The first-order valence-corrected chi connectivity index (χ1v) is 9.53. The van der Waals surface area contributed by atoms with Crippen molar-refractivity contribution in [3.05, 3.63) is 17.7 Å². The fourth-order valence-corrected chi connectivity index (χ4v) is 4.28. The second-order valence-electron chi connectivity index (χ2n) is 6.51.